The summed E-state index contributed by atoms with van der Waals surface area (Å²) in [4.78, 5) is 32.1. The van der Waals surface area contributed by atoms with Crippen molar-refractivity contribution in [1.29, 1.82) is 0 Å². The number of halogens is 3. The largest absolute Gasteiger partial charge is 0.416 e. The molecular formula is C18H17F3N4O2S. The van der Waals surface area contributed by atoms with Gasteiger partial charge < -0.3 is 10.3 Å². The van der Waals surface area contributed by atoms with Crippen molar-refractivity contribution in [3.63, 3.8) is 0 Å². The SMILES string of the molecule is CCn1c(SCC(=O)Nc2cccc(C(F)(F)F)c2)nc2cc(C)[nH]c2c1=O. The van der Waals surface area contributed by atoms with Gasteiger partial charge in [-0.05, 0) is 38.1 Å². The van der Waals surface area contributed by atoms with E-state index in [-0.39, 0.29) is 17.0 Å². The highest BCUT2D eigenvalue weighted by molar-refractivity contribution is 7.99. The third kappa shape index (κ3) is 4.22. The van der Waals surface area contributed by atoms with Gasteiger partial charge in [-0.25, -0.2) is 4.98 Å². The number of aryl methyl sites for hydroxylation is 1. The molecule has 1 aromatic carbocycles. The molecule has 0 radical (unpaired) electrons. The molecule has 0 fully saturated rings. The van der Waals surface area contributed by atoms with Crippen molar-refractivity contribution in [2.45, 2.75) is 31.7 Å². The van der Waals surface area contributed by atoms with Gasteiger partial charge >= 0.3 is 6.18 Å². The highest BCUT2D eigenvalue weighted by Crippen LogP contribution is 2.30. The number of nitrogens with one attached hydrogen (secondary N) is 2. The number of alkyl halides is 3. The maximum Gasteiger partial charge on any atom is 0.416 e. The first-order valence-electron chi connectivity index (χ1n) is 8.39. The smallest absolute Gasteiger partial charge is 0.353 e. The number of nitrogens with zero attached hydrogens (tertiary/aromatic N) is 2. The van der Waals surface area contributed by atoms with Gasteiger partial charge in [0.05, 0.1) is 16.8 Å². The van der Waals surface area contributed by atoms with E-state index in [4.69, 9.17) is 0 Å². The number of H-pyrrole nitrogens is 1. The summed E-state index contributed by atoms with van der Waals surface area (Å²) in [6, 6.07) is 6.15. The summed E-state index contributed by atoms with van der Waals surface area (Å²) in [5.74, 6) is -0.594. The summed E-state index contributed by atoms with van der Waals surface area (Å²) in [5, 5.41) is 2.81. The van der Waals surface area contributed by atoms with Crippen LogP contribution >= 0.6 is 11.8 Å². The minimum absolute atomic E-state index is 0.0537. The molecule has 28 heavy (non-hydrogen) atoms. The van der Waals surface area contributed by atoms with Gasteiger partial charge in [0.25, 0.3) is 5.56 Å². The average molecular weight is 410 g/mol. The molecule has 0 aliphatic carbocycles. The van der Waals surface area contributed by atoms with Crippen molar-refractivity contribution in [1.82, 2.24) is 14.5 Å². The Kier molecular flexibility index (Phi) is 5.50. The molecular weight excluding hydrogens is 393 g/mol. The van der Waals surface area contributed by atoms with Gasteiger partial charge in [-0.1, -0.05) is 17.8 Å². The molecule has 0 saturated carbocycles. The lowest BCUT2D eigenvalue weighted by Gasteiger charge is -2.11. The van der Waals surface area contributed by atoms with E-state index in [2.05, 4.69) is 15.3 Å². The predicted octanol–water partition coefficient (Wildman–Crippen LogP) is 3.80. The second kappa shape index (κ2) is 7.70. The summed E-state index contributed by atoms with van der Waals surface area (Å²) >= 11 is 1.05. The van der Waals surface area contributed by atoms with Gasteiger partial charge in [0, 0.05) is 17.9 Å². The topological polar surface area (TPSA) is 79.8 Å². The van der Waals surface area contributed by atoms with Crippen LogP contribution in [-0.2, 0) is 17.5 Å². The number of fused-ring (bicyclic) bond motifs is 1. The van der Waals surface area contributed by atoms with Crippen LogP contribution in [-0.4, -0.2) is 26.2 Å². The Morgan fingerprint density at radius 2 is 2.07 bits per heavy atom. The van der Waals surface area contributed by atoms with Crippen molar-refractivity contribution >= 4 is 34.4 Å². The van der Waals surface area contributed by atoms with E-state index in [9.17, 15) is 22.8 Å². The normalized spacial score (nSPS) is 11.8. The maximum absolute atomic E-state index is 12.8. The van der Waals surface area contributed by atoms with Crippen molar-refractivity contribution in [2.24, 2.45) is 0 Å². The number of benzene rings is 1. The zero-order chi connectivity index (χ0) is 20.5. The summed E-state index contributed by atoms with van der Waals surface area (Å²) in [5.41, 5.74) is 0.684. The van der Waals surface area contributed by atoms with Crippen LogP contribution in [0.1, 0.15) is 18.2 Å². The van der Waals surface area contributed by atoms with Crippen LogP contribution in [0.25, 0.3) is 11.0 Å². The molecule has 1 amide bonds. The fourth-order valence-electron chi connectivity index (χ4n) is 2.70. The molecule has 3 rings (SSSR count). The van der Waals surface area contributed by atoms with Crippen molar-refractivity contribution in [2.75, 3.05) is 11.1 Å². The Morgan fingerprint density at radius 3 is 2.75 bits per heavy atom. The molecule has 148 valence electrons. The van der Waals surface area contributed by atoms with Crippen LogP contribution in [0.2, 0.25) is 0 Å². The molecule has 0 aliphatic rings. The Morgan fingerprint density at radius 1 is 1.32 bits per heavy atom. The molecule has 0 atom stereocenters. The molecule has 0 spiro atoms. The van der Waals surface area contributed by atoms with E-state index in [0.717, 1.165) is 29.6 Å². The van der Waals surface area contributed by atoms with Crippen molar-refractivity contribution < 1.29 is 18.0 Å². The highest BCUT2D eigenvalue weighted by Gasteiger charge is 2.30. The number of hydrogen-bond acceptors (Lipinski definition) is 4. The van der Waals surface area contributed by atoms with Crippen LogP contribution in [0.3, 0.4) is 0 Å². The Hall–Kier alpha value is -2.75. The molecule has 2 heterocycles. The average Bonchev–Trinajstić information content (AvgIpc) is 3.00. The second-order valence-corrected chi connectivity index (χ2v) is 7.01. The van der Waals surface area contributed by atoms with E-state index in [1.165, 1.54) is 16.7 Å². The quantitative estimate of drug-likeness (QED) is 0.495. The van der Waals surface area contributed by atoms with E-state index in [0.29, 0.717) is 22.7 Å². The van der Waals surface area contributed by atoms with Crippen LogP contribution in [0.5, 0.6) is 0 Å². The van der Waals surface area contributed by atoms with Gasteiger partial charge in [-0.2, -0.15) is 13.2 Å². The third-order valence-corrected chi connectivity index (χ3v) is 4.94. The Labute approximate surface area is 162 Å². The van der Waals surface area contributed by atoms with Gasteiger partial charge in [-0.15, -0.1) is 0 Å². The van der Waals surface area contributed by atoms with E-state index in [1.807, 2.05) is 6.92 Å². The highest BCUT2D eigenvalue weighted by atomic mass is 32.2. The summed E-state index contributed by atoms with van der Waals surface area (Å²) < 4.78 is 39.7. The standard InChI is InChI=1S/C18H17F3N4O2S/c1-3-25-16(27)15-13(7-10(2)22-15)24-17(25)28-9-14(26)23-12-6-4-5-11(8-12)18(19,20)21/h4-8,22H,3,9H2,1-2H3,(H,23,26). The molecule has 2 N–H and O–H groups in total. The van der Waals surface area contributed by atoms with Crippen LogP contribution in [0.15, 0.2) is 40.3 Å². The summed E-state index contributed by atoms with van der Waals surface area (Å²) in [6.07, 6.45) is -4.49. The molecule has 6 nitrogen and oxygen atoms in total. The Bertz CT molecular complexity index is 1090. The number of carbonyl (C=O) groups excluding carboxylic acids is 1. The number of aromatic amines is 1. The van der Waals surface area contributed by atoms with Crippen LogP contribution in [0.4, 0.5) is 18.9 Å². The summed E-state index contributed by atoms with van der Waals surface area (Å²) in [6.45, 7) is 3.97. The fraction of sp³-hybridized carbons (Fsp3) is 0.278. The number of thioether (sulfide) groups is 1. The van der Waals surface area contributed by atoms with Gasteiger partial charge in [-0.3, -0.25) is 14.2 Å². The summed E-state index contributed by atoms with van der Waals surface area (Å²) in [7, 11) is 0. The number of rotatable bonds is 5. The van der Waals surface area contributed by atoms with Crippen molar-refractivity contribution in [3.8, 4) is 0 Å². The molecule has 0 unspecified atom stereocenters. The number of amides is 1. The molecule has 10 heteroatoms. The van der Waals surface area contributed by atoms with E-state index < -0.39 is 17.6 Å². The fourth-order valence-corrected chi connectivity index (χ4v) is 3.56. The minimum Gasteiger partial charge on any atom is -0.353 e. The van der Waals surface area contributed by atoms with Gasteiger partial charge in [0.1, 0.15) is 5.52 Å². The zero-order valence-corrected chi connectivity index (χ0v) is 15.9. The van der Waals surface area contributed by atoms with E-state index >= 15 is 0 Å². The van der Waals surface area contributed by atoms with Crippen LogP contribution in [0, 0.1) is 6.92 Å². The third-order valence-electron chi connectivity index (χ3n) is 3.96. The minimum atomic E-state index is -4.49. The molecule has 2 aromatic heterocycles. The lowest BCUT2D eigenvalue weighted by atomic mass is 10.2. The predicted molar refractivity (Wildman–Crippen MR) is 102 cm³/mol. The van der Waals surface area contributed by atoms with E-state index in [1.54, 1.807) is 13.0 Å². The maximum atomic E-state index is 12.8. The first-order chi connectivity index (χ1) is 13.2. The van der Waals surface area contributed by atoms with Gasteiger partial charge in [0.15, 0.2) is 5.16 Å². The first kappa shape index (κ1) is 20.0. The zero-order valence-electron chi connectivity index (χ0n) is 15.1. The molecule has 3 aromatic rings. The lowest BCUT2D eigenvalue weighted by Crippen LogP contribution is -2.23. The number of carbonyl (C=O) groups is 1. The molecule has 0 saturated heterocycles. The number of aromatic nitrogens is 3. The second-order valence-electron chi connectivity index (χ2n) is 6.07. The number of hydrogen-bond donors (Lipinski definition) is 2. The monoisotopic (exact) mass is 410 g/mol. The lowest BCUT2D eigenvalue weighted by molar-refractivity contribution is -0.137. The van der Waals surface area contributed by atoms with Gasteiger partial charge in [0.2, 0.25) is 5.91 Å². The number of anilines is 1. The molecule has 0 aliphatic heterocycles. The van der Waals surface area contributed by atoms with Crippen molar-refractivity contribution in [3.05, 3.63) is 51.9 Å². The Balaban J connectivity index is 1.75. The first-order valence-corrected chi connectivity index (χ1v) is 9.37. The molecule has 0 bridgehead atoms. The van der Waals surface area contributed by atoms with Crippen LogP contribution < -0.4 is 10.9 Å².